The Morgan fingerprint density at radius 3 is 2.84 bits per heavy atom. The second kappa shape index (κ2) is 11.6. The number of aliphatic hydroxyl groups excluding tert-OH is 1. The number of nitrogens with zero attached hydrogens (tertiary/aromatic N) is 1. The first-order chi connectivity index (χ1) is 17.7. The Morgan fingerprint density at radius 1 is 1.30 bits per heavy atom. The summed E-state index contributed by atoms with van der Waals surface area (Å²) in [6.45, 7) is 3.08. The lowest BCUT2D eigenvalue weighted by Crippen LogP contribution is -2.51. The maximum absolute atomic E-state index is 13.8. The lowest BCUT2D eigenvalue weighted by Gasteiger charge is -2.30. The fourth-order valence-corrected chi connectivity index (χ4v) is 5.52. The van der Waals surface area contributed by atoms with E-state index < -0.39 is 50.2 Å². The average molecular weight is 537 g/mol. The summed E-state index contributed by atoms with van der Waals surface area (Å²) in [5, 5.41) is 15.7. The summed E-state index contributed by atoms with van der Waals surface area (Å²) in [7, 11) is -4.14. The molecule has 1 fully saturated rings. The Balaban J connectivity index is 1.48. The van der Waals surface area contributed by atoms with Gasteiger partial charge in [-0.1, -0.05) is 36.4 Å². The predicted molar refractivity (Wildman–Crippen MR) is 131 cm³/mol. The Bertz CT molecular complexity index is 1220. The van der Waals surface area contributed by atoms with E-state index in [0.29, 0.717) is 24.0 Å². The summed E-state index contributed by atoms with van der Waals surface area (Å²) >= 11 is 0. The second-order valence-electron chi connectivity index (χ2n) is 8.53. The highest BCUT2D eigenvalue weighted by Crippen LogP contribution is 2.47. The van der Waals surface area contributed by atoms with Crippen molar-refractivity contribution < 1.29 is 42.2 Å². The lowest BCUT2D eigenvalue weighted by molar-refractivity contribution is -0.144. The minimum atomic E-state index is -4.14. The molecule has 5 atom stereocenters. The molecule has 0 spiro atoms. The number of carbonyl (C=O) groups is 2. The minimum absolute atomic E-state index is 0.146. The third-order valence-electron chi connectivity index (χ3n) is 5.80. The number of hydrogen-bond acceptors (Lipinski definition) is 8. The summed E-state index contributed by atoms with van der Waals surface area (Å²) in [5.41, 5.74) is 0. The van der Waals surface area contributed by atoms with E-state index in [1.165, 1.54) is 6.92 Å². The molecule has 0 radical (unpaired) electrons. The van der Waals surface area contributed by atoms with E-state index in [2.05, 4.69) is 10.4 Å². The first kappa shape index (κ1) is 27.0. The summed E-state index contributed by atoms with van der Waals surface area (Å²) < 4.78 is 50.0. The van der Waals surface area contributed by atoms with Gasteiger partial charge in [0, 0.05) is 11.6 Å². The average Bonchev–Trinajstić information content (AvgIpc) is 3.34. The molecule has 200 valence electrons. The van der Waals surface area contributed by atoms with E-state index in [4.69, 9.17) is 18.5 Å². The molecule has 2 amide bonds. The van der Waals surface area contributed by atoms with Crippen molar-refractivity contribution in [2.75, 3.05) is 13.2 Å². The molecule has 13 heteroatoms. The fourth-order valence-electron chi connectivity index (χ4n) is 3.98. The minimum Gasteiger partial charge on any atom is -0.465 e. The number of benzene rings is 2. The Hall–Kier alpha value is -3.02. The summed E-state index contributed by atoms with van der Waals surface area (Å²) in [5.74, 6) is -1.26. The van der Waals surface area contributed by atoms with E-state index in [1.807, 2.05) is 30.3 Å². The molecule has 2 aliphatic heterocycles. The summed E-state index contributed by atoms with van der Waals surface area (Å²) in [6.07, 6.45) is -1.47. The molecule has 0 bridgehead atoms. The maximum atomic E-state index is 13.8. The maximum Gasteiger partial charge on any atom is 0.459 e. The van der Waals surface area contributed by atoms with Crippen LogP contribution in [0.25, 0.3) is 10.8 Å². The molecule has 37 heavy (non-hydrogen) atoms. The van der Waals surface area contributed by atoms with Gasteiger partial charge in [0.05, 0.1) is 19.3 Å². The van der Waals surface area contributed by atoms with Crippen LogP contribution >= 0.6 is 7.75 Å². The molecule has 2 aromatic carbocycles. The van der Waals surface area contributed by atoms with Crippen LogP contribution in [0.5, 0.6) is 5.75 Å². The summed E-state index contributed by atoms with van der Waals surface area (Å²) in [6, 6.07) is 10.9. The van der Waals surface area contributed by atoms with E-state index >= 15 is 0 Å². The second-order valence-corrected chi connectivity index (χ2v) is 10.2. The fraction of sp³-hybridized carbons (Fsp3) is 0.417. The van der Waals surface area contributed by atoms with Gasteiger partial charge in [-0.3, -0.25) is 14.2 Å². The molecule has 3 N–H and O–H groups in total. The molecule has 0 aromatic heterocycles. The molecule has 11 nitrogen and oxygen atoms in total. The Kier molecular flexibility index (Phi) is 8.46. The van der Waals surface area contributed by atoms with Crippen LogP contribution in [0.15, 0.2) is 54.5 Å². The first-order valence-electron chi connectivity index (χ1n) is 11.8. The highest BCUT2D eigenvalue weighted by Gasteiger charge is 2.39. The lowest BCUT2D eigenvalue weighted by atomic mass is 10.1. The van der Waals surface area contributed by atoms with Crippen LogP contribution < -0.4 is 14.9 Å². The van der Waals surface area contributed by atoms with Crippen molar-refractivity contribution in [2.45, 2.75) is 51.3 Å². The zero-order valence-corrected chi connectivity index (χ0v) is 21.2. The predicted octanol–water partition coefficient (Wildman–Crippen LogP) is 3.54. The van der Waals surface area contributed by atoms with Crippen molar-refractivity contribution in [3.8, 4) is 5.75 Å². The number of nitrogens with one attached hydrogen (secondary N) is 2. The van der Waals surface area contributed by atoms with Gasteiger partial charge in [-0.2, -0.15) is 5.09 Å². The molecule has 0 saturated carbocycles. The van der Waals surface area contributed by atoms with Crippen molar-refractivity contribution in [1.82, 2.24) is 15.3 Å². The van der Waals surface area contributed by atoms with E-state index in [-0.39, 0.29) is 13.2 Å². The van der Waals surface area contributed by atoms with Crippen molar-refractivity contribution in [2.24, 2.45) is 0 Å². The van der Waals surface area contributed by atoms with Crippen molar-refractivity contribution >= 4 is 30.5 Å². The molecule has 2 heterocycles. The number of amides is 2. The largest absolute Gasteiger partial charge is 0.465 e. The smallest absolute Gasteiger partial charge is 0.459 e. The number of ether oxygens (including phenoxy) is 2. The van der Waals surface area contributed by atoms with Gasteiger partial charge >= 0.3 is 19.7 Å². The van der Waals surface area contributed by atoms with Crippen LogP contribution in [0, 0.1) is 0 Å². The van der Waals surface area contributed by atoms with Crippen molar-refractivity contribution in [3.05, 3.63) is 54.5 Å². The van der Waals surface area contributed by atoms with Gasteiger partial charge in [0.2, 0.25) is 0 Å². The van der Waals surface area contributed by atoms with Crippen LogP contribution in [0.1, 0.15) is 26.7 Å². The van der Waals surface area contributed by atoms with Gasteiger partial charge in [-0.05, 0) is 38.1 Å². The monoisotopic (exact) mass is 537 g/mol. The van der Waals surface area contributed by atoms with Gasteiger partial charge in [-0.25, -0.2) is 13.8 Å². The molecular weight excluding hydrogens is 508 g/mol. The molecule has 2 aliphatic rings. The zero-order valence-electron chi connectivity index (χ0n) is 20.3. The molecular formula is C24H29FN3O8P. The SMILES string of the molecule is CCOC(=O)[C@H](C)NP(=O)(OC[C@@H]1CC[C@H](N2C=C(F)C(O)NC2=O)O1)Oc1cccc2ccccc12. The third-order valence-corrected chi connectivity index (χ3v) is 7.43. The van der Waals surface area contributed by atoms with E-state index in [9.17, 15) is 23.7 Å². The number of urea groups is 1. The van der Waals surface area contributed by atoms with Gasteiger partial charge in [0.25, 0.3) is 0 Å². The number of aliphatic hydroxyl groups is 1. The topological polar surface area (TPSA) is 136 Å². The van der Waals surface area contributed by atoms with Gasteiger partial charge < -0.3 is 24.4 Å². The highest BCUT2D eigenvalue weighted by atomic mass is 31.2. The van der Waals surface area contributed by atoms with Crippen molar-refractivity contribution in [3.63, 3.8) is 0 Å². The van der Waals surface area contributed by atoms with E-state index in [0.717, 1.165) is 16.5 Å². The molecule has 4 rings (SSSR count). The van der Waals surface area contributed by atoms with Crippen LogP contribution in [-0.2, 0) is 23.4 Å². The Labute approximate surface area is 213 Å². The first-order valence-corrected chi connectivity index (χ1v) is 13.4. The Morgan fingerprint density at radius 2 is 2.05 bits per heavy atom. The number of esters is 1. The number of fused-ring (bicyclic) bond motifs is 1. The van der Waals surface area contributed by atoms with Crippen LogP contribution in [0.2, 0.25) is 0 Å². The van der Waals surface area contributed by atoms with Gasteiger partial charge in [-0.15, -0.1) is 0 Å². The van der Waals surface area contributed by atoms with E-state index in [1.54, 1.807) is 19.1 Å². The normalized spacial score (nSPS) is 24.2. The standard InChI is InChI=1S/C24H29FN3O8P/c1-3-33-23(30)15(2)27-37(32,36-20-10-6-8-16-7-4-5-9-18(16)20)34-14-17-11-12-21(35-17)28-13-19(25)22(29)26-24(28)31/h4-10,13,15,17,21-22,29H,3,11-12,14H2,1-2H3,(H,26,31)(H,27,32)/t15-,17-,21+,22?,37?/m0/s1. The molecule has 1 saturated heterocycles. The van der Waals surface area contributed by atoms with Crippen molar-refractivity contribution in [1.29, 1.82) is 0 Å². The number of carbonyl (C=O) groups excluding carboxylic acids is 2. The zero-order chi connectivity index (χ0) is 26.6. The molecule has 2 aromatic rings. The quantitative estimate of drug-likeness (QED) is 0.307. The number of rotatable bonds is 10. The van der Waals surface area contributed by atoms with Crippen LogP contribution in [0.3, 0.4) is 0 Å². The molecule has 0 aliphatic carbocycles. The van der Waals surface area contributed by atoms with Crippen LogP contribution in [0.4, 0.5) is 9.18 Å². The molecule has 2 unspecified atom stereocenters. The van der Waals surface area contributed by atoms with Crippen LogP contribution in [-0.4, -0.2) is 59.8 Å². The number of hydrogen-bond donors (Lipinski definition) is 3. The summed E-state index contributed by atoms with van der Waals surface area (Å²) in [4.78, 5) is 25.3. The third kappa shape index (κ3) is 6.46. The number of halogens is 1. The van der Waals surface area contributed by atoms with Gasteiger partial charge in [0.15, 0.2) is 12.1 Å². The highest BCUT2D eigenvalue weighted by molar-refractivity contribution is 7.52. The van der Waals surface area contributed by atoms with Gasteiger partial charge in [0.1, 0.15) is 18.0 Å².